The fourth-order valence-corrected chi connectivity index (χ4v) is 3.24. The third kappa shape index (κ3) is 3.37. The van der Waals surface area contributed by atoms with Gasteiger partial charge in [0.05, 0.1) is 13.2 Å². The lowest BCUT2D eigenvalue weighted by atomic mass is 9.97. The minimum Gasteiger partial charge on any atom is -0.467 e. The molecule has 1 fully saturated rings. The summed E-state index contributed by atoms with van der Waals surface area (Å²) < 4.78 is 16.1. The van der Waals surface area contributed by atoms with Crippen molar-refractivity contribution in [3.63, 3.8) is 0 Å². The molecule has 0 aliphatic carbocycles. The molecule has 0 amide bonds. The highest BCUT2D eigenvalue weighted by Gasteiger charge is 2.51. The Labute approximate surface area is 116 Å². The van der Waals surface area contributed by atoms with Crippen molar-refractivity contribution in [2.45, 2.75) is 70.2 Å². The zero-order valence-corrected chi connectivity index (χ0v) is 13.9. The highest BCUT2D eigenvalue weighted by atomic mass is 28.4. The number of methoxy groups -OCH3 is 1. The van der Waals surface area contributed by atoms with Crippen molar-refractivity contribution < 1.29 is 23.8 Å². The van der Waals surface area contributed by atoms with Crippen molar-refractivity contribution in [3.05, 3.63) is 0 Å². The van der Waals surface area contributed by atoms with Crippen LogP contribution in [0.15, 0.2) is 0 Å². The smallest absolute Gasteiger partial charge is 0.337 e. The topological polar surface area (TPSA) is 65.0 Å². The van der Waals surface area contributed by atoms with E-state index in [1.807, 2.05) is 6.92 Å². The van der Waals surface area contributed by atoms with Gasteiger partial charge in [-0.1, -0.05) is 20.8 Å². The minimum absolute atomic E-state index is 0.0950. The van der Waals surface area contributed by atoms with E-state index in [-0.39, 0.29) is 11.1 Å². The Hall–Kier alpha value is -0.433. The fraction of sp³-hybridized carbons (Fsp3) is 0.923. The number of hydrogen-bond acceptors (Lipinski definition) is 5. The van der Waals surface area contributed by atoms with E-state index in [2.05, 4.69) is 38.6 Å². The van der Waals surface area contributed by atoms with Gasteiger partial charge < -0.3 is 19.0 Å². The van der Waals surface area contributed by atoms with E-state index >= 15 is 0 Å². The number of ether oxygens (including phenoxy) is 2. The summed E-state index contributed by atoms with van der Waals surface area (Å²) in [4.78, 5) is 11.3. The van der Waals surface area contributed by atoms with Gasteiger partial charge in [0.2, 0.25) is 0 Å². The van der Waals surface area contributed by atoms with Gasteiger partial charge in [-0.25, -0.2) is 4.79 Å². The van der Waals surface area contributed by atoms with Crippen LogP contribution < -0.4 is 0 Å². The van der Waals surface area contributed by atoms with Gasteiger partial charge in [0, 0.05) is 0 Å². The molecular weight excluding hydrogens is 264 g/mol. The van der Waals surface area contributed by atoms with E-state index < -0.39 is 32.6 Å². The number of carbonyl (C=O) groups excluding carboxylic acids is 1. The van der Waals surface area contributed by atoms with E-state index in [9.17, 15) is 9.90 Å². The number of hydrogen-bond donors (Lipinski definition) is 1. The van der Waals surface area contributed by atoms with Gasteiger partial charge in [-0.15, -0.1) is 0 Å². The molecule has 1 aliphatic rings. The predicted octanol–water partition coefficient (Wildman–Crippen LogP) is 1.70. The lowest BCUT2D eigenvalue weighted by molar-refractivity contribution is -0.250. The van der Waals surface area contributed by atoms with Crippen molar-refractivity contribution >= 4 is 14.3 Å². The molecule has 0 radical (unpaired) electrons. The first-order valence-electron chi connectivity index (χ1n) is 6.60. The van der Waals surface area contributed by atoms with Crippen LogP contribution in [0.1, 0.15) is 27.7 Å². The second kappa shape index (κ2) is 5.52. The van der Waals surface area contributed by atoms with E-state index in [4.69, 9.17) is 9.16 Å². The maximum atomic E-state index is 11.3. The van der Waals surface area contributed by atoms with Crippen LogP contribution in [0.3, 0.4) is 0 Å². The number of aliphatic hydroxyl groups excluding tert-OH is 1. The molecule has 5 nitrogen and oxygen atoms in total. The lowest BCUT2D eigenvalue weighted by Gasteiger charge is -2.46. The lowest BCUT2D eigenvalue weighted by Crippen LogP contribution is -2.63. The summed E-state index contributed by atoms with van der Waals surface area (Å²) in [7, 11) is -0.628. The molecule has 0 unspecified atom stereocenters. The molecule has 1 heterocycles. The summed E-state index contributed by atoms with van der Waals surface area (Å²) in [5.41, 5.74) is 0. The largest absolute Gasteiger partial charge is 0.467 e. The maximum Gasteiger partial charge on any atom is 0.337 e. The maximum absolute atomic E-state index is 11.3. The number of esters is 1. The van der Waals surface area contributed by atoms with Crippen molar-refractivity contribution in [3.8, 4) is 0 Å². The van der Waals surface area contributed by atoms with Crippen LogP contribution in [0, 0.1) is 0 Å². The van der Waals surface area contributed by atoms with Crippen LogP contribution in [0.4, 0.5) is 0 Å². The first-order valence-corrected chi connectivity index (χ1v) is 9.51. The van der Waals surface area contributed by atoms with Gasteiger partial charge in [0.25, 0.3) is 0 Å². The molecule has 1 saturated heterocycles. The Bertz CT molecular complexity index is 336. The molecule has 0 aromatic rings. The first-order chi connectivity index (χ1) is 8.51. The number of aliphatic hydroxyl groups is 1. The average Bonchev–Trinajstić information content (AvgIpc) is 2.24. The Morgan fingerprint density at radius 1 is 1.37 bits per heavy atom. The molecule has 19 heavy (non-hydrogen) atoms. The molecule has 0 saturated carbocycles. The SMILES string of the molecule is COC(=O)[C@@H]1O[C@@H]([C@H](C)O[Si](C)(C)C(C)(C)C)[C@H]1O. The summed E-state index contributed by atoms with van der Waals surface area (Å²) in [5, 5.41) is 10.0. The van der Waals surface area contributed by atoms with Gasteiger partial charge in [-0.3, -0.25) is 0 Å². The van der Waals surface area contributed by atoms with Gasteiger partial charge in [-0.05, 0) is 25.1 Å². The Balaban J connectivity index is 2.58. The van der Waals surface area contributed by atoms with Gasteiger partial charge >= 0.3 is 5.97 Å². The second-order valence-electron chi connectivity index (χ2n) is 6.62. The third-order valence-corrected chi connectivity index (χ3v) is 8.71. The highest BCUT2D eigenvalue weighted by Crippen LogP contribution is 2.39. The molecule has 1 rings (SSSR count). The van der Waals surface area contributed by atoms with E-state index in [1.165, 1.54) is 7.11 Å². The van der Waals surface area contributed by atoms with Gasteiger partial charge in [-0.2, -0.15) is 0 Å². The summed E-state index contributed by atoms with van der Waals surface area (Å²) in [6.45, 7) is 12.6. The van der Waals surface area contributed by atoms with Crippen LogP contribution >= 0.6 is 0 Å². The van der Waals surface area contributed by atoms with Crippen molar-refractivity contribution in [1.29, 1.82) is 0 Å². The standard InChI is InChI=1S/C13H26O5Si/c1-8(18-19(6,7)13(2,3)4)10-9(14)11(17-10)12(15)16-5/h8-11,14H,1-7H3/t8-,9+,10-,11+/m0/s1. The molecule has 0 aromatic heterocycles. The predicted molar refractivity (Wildman–Crippen MR) is 74.4 cm³/mol. The molecular formula is C13H26O5Si. The molecule has 6 heteroatoms. The summed E-state index contributed by atoms with van der Waals surface area (Å²) in [6.07, 6.45) is -2.43. The quantitative estimate of drug-likeness (QED) is 0.630. The highest BCUT2D eigenvalue weighted by molar-refractivity contribution is 6.74. The van der Waals surface area contributed by atoms with Crippen LogP contribution in [0.5, 0.6) is 0 Å². The molecule has 1 N–H and O–H groups in total. The zero-order chi connectivity index (χ0) is 15.0. The summed E-state index contributed by atoms with van der Waals surface area (Å²) in [6, 6.07) is 0. The monoisotopic (exact) mass is 290 g/mol. The summed E-state index contributed by atoms with van der Waals surface area (Å²) in [5.74, 6) is -0.539. The molecule has 4 atom stereocenters. The average molecular weight is 290 g/mol. The van der Waals surface area contributed by atoms with Gasteiger partial charge in [0.15, 0.2) is 14.4 Å². The van der Waals surface area contributed by atoms with E-state index in [0.29, 0.717) is 0 Å². The van der Waals surface area contributed by atoms with Crippen LogP contribution in [-0.4, -0.2) is 50.9 Å². The number of rotatable bonds is 4. The molecule has 0 aromatic carbocycles. The van der Waals surface area contributed by atoms with Crippen molar-refractivity contribution in [1.82, 2.24) is 0 Å². The molecule has 112 valence electrons. The van der Waals surface area contributed by atoms with Crippen LogP contribution in [0.25, 0.3) is 0 Å². The van der Waals surface area contributed by atoms with Crippen molar-refractivity contribution in [2.75, 3.05) is 7.11 Å². The molecule has 0 bridgehead atoms. The Morgan fingerprint density at radius 2 is 1.89 bits per heavy atom. The van der Waals surface area contributed by atoms with Crippen LogP contribution in [0.2, 0.25) is 18.1 Å². The minimum atomic E-state index is -1.91. The zero-order valence-electron chi connectivity index (χ0n) is 12.9. The Morgan fingerprint density at radius 3 is 2.26 bits per heavy atom. The first kappa shape index (κ1) is 16.6. The molecule has 1 aliphatic heterocycles. The Kier molecular flexibility index (Phi) is 4.82. The van der Waals surface area contributed by atoms with Crippen LogP contribution in [-0.2, 0) is 18.7 Å². The van der Waals surface area contributed by atoms with E-state index in [0.717, 1.165) is 0 Å². The normalized spacial score (nSPS) is 29.6. The van der Waals surface area contributed by atoms with Crippen molar-refractivity contribution in [2.24, 2.45) is 0 Å². The fourth-order valence-electron chi connectivity index (χ4n) is 1.82. The van der Waals surface area contributed by atoms with Gasteiger partial charge in [0.1, 0.15) is 12.2 Å². The second-order valence-corrected chi connectivity index (χ2v) is 11.4. The summed E-state index contributed by atoms with van der Waals surface area (Å²) >= 11 is 0. The third-order valence-electron chi connectivity index (χ3n) is 4.13. The number of carbonyl (C=O) groups is 1. The van der Waals surface area contributed by atoms with E-state index in [1.54, 1.807) is 0 Å². The molecule has 0 spiro atoms.